The van der Waals surface area contributed by atoms with E-state index in [4.69, 9.17) is 4.74 Å². The lowest BCUT2D eigenvalue weighted by atomic mass is 9.95. The number of hydrogen-bond acceptors (Lipinski definition) is 4. The number of carbonyl (C=O) groups is 3. The lowest BCUT2D eigenvalue weighted by Crippen LogP contribution is -2.43. The van der Waals surface area contributed by atoms with Gasteiger partial charge in [0, 0.05) is 38.4 Å². The van der Waals surface area contributed by atoms with E-state index in [1.165, 1.54) is 4.90 Å². The van der Waals surface area contributed by atoms with Gasteiger partial charge < -0.3 is 19.9 Å². The average molecular weight is 460 g/mol. The van der Waals surface area contributed by atoms with Crippen molar-refractivity contribution in [3.05, 3.63) is 72.3 Å². The highest BCUT2D eigenvalue weighted by Gasteiger charge is 2.29. The van der Waals surface area contributed by atoms with E-state index in [9.17, 15) is 14.4 Å². The number of carbonyl (C=O) groups excluding carboxylic acids is 3. The monoisotopic (exact) mass is 459 g/mol. The number of ether oxygens (including phenoxy) is 1. The van der Waals surface area contributed by atoms with Gasteiger partial charge in [-0.05, 0) is 53.9 Å². The lowest BCUT2D eigenvalue weighted by molar-refractivity contribution is -0.130. The Morgan fingerprint density at radius 1 is 1.00 bits per heavy atom. The van der Waals surface area contributed by atoms with Crippen LogP contribution in [0.25, 0.3) is 10.8 Å². The highest BCUT2D eigenvalue weighted by molar-refractivity contribution is 6.07. The maximum absolute atomic E-state index is 13.3. The fraction of sp³-hybridized carbons (Fsp3) is 0.296. The van der Waals surface area contributed by atoms with Gasteiger partial charge in [0.1, 0.15) is 5.75 Å². The molecule has 1 fully saturated rings. The molecular formula is C27H29N3O4. The van der Waals surface area contributed by atoms with E-state index in [0.717, 1.165) is 23.6 Å². The fourth-order valence-electron chi connectivity index (χ4n) is 4.11. The van der Waals surface area contributed by atoms with Crippen LogP contribution in [0.4, 0.5) is 5.69 Å². The standard InChI is InChI=1S/C27H29N3O4/c1-29(2)25(31)18-34-22-14-12-21(13-15-22)28-26(32)20-9-6-16-30(17-20)27(33)24-11-5-8-19-7-3-4-10-23(19)24/h3-5,7-8,10-15,20H,6,9,16-18H2,1-2H3,(H,28,32)/t20-/m1/s1. The molecule has 0 bridgehead atoms. The molecule has 1 saturated heterocycles. The summed E-state index contributed by atoms with van der Waals surface area (Å²) in [5, 5.41) is 4.90. The number of hydrogen-bond donors (Lipinski definition) is 1. The van der Waals surface area contributed by atoms with Gasteiger partial charge in [-0.2, -0.15) is 0 Å². The Bertz CT molecular complexity index is 1180. The van der Waals surface area contributed by atoms with Gasteiger partial charge >= 0.3 is 0 Å². The third kappa shape index (κ3) is 5.36. The van der Waals surface area contributed by atoms with Gasteiger partial charge in [-0.15, -0.1) is 0 Å². The van der Waals surface area contributed by atoms with Crippen LogP contribution >= 0.6 is 0 Å². The predicted molar refractivity (Wildman–Crippen MR) is 132 cm³/mol. The Kier molecular flexibility index (Phi) is 7.11. The van der Waals surface area contributed by atoms with Crippen LogP contribution in [-0.2, 0) is 9.59 Å². The van der Waals surface area contributed by atoms with Gasteiger partial charge in [-0.25, -0.2) is 0 Å². The molecule has 34 heavy (non-hydrogen) atoms. The van der Waals surface area contributed by atoms with Crippen LogP contribution in [0.15, 0.2) is 66.7 Å². The van der Waals surface area contributed by atoms with Crippen molar-refractivity contribution < 1.29 is 19.1 Å². The summed E-state index contributed by atoms with van der Waals surface area (Å²) in [6.45, 7) is 0.993. The Labute approximate surface area is 199 Å². The van der Waals surface area contributed by atoms with Crippen molar-refractivity contribution in [3.63, 3.8) is 0 Å². The van der Waals surface area contributed by atoms with Crippen LogP contribution in [0.1, 0.15) is 23.2 Å². The topological polar surface area (TPSA) is 79.0 Å². The number of rotatable bonds is 6. The van der Waals surface area contributed by atoms with E-state index in [1.807, 2.05) is 42.5 Å². The molecule has 3 amide bonds. The quantitative estimate of drug-likeness (QED) is 0.608. The Morgan fingerprint density at radius 3 is 2.50 bits per heavy atom. The van der Waals surface area contributed by atoms with Gasteiger partial charge in [0.15, 0.2) is 6.61 Å². The second kappa shape index (κ2) is 10.4. The SMILES string of the molecule is CN(C)C(=O)COc1ccc(NC(=O)[C@@H]2CCCN(C(=O)c3cccc4ccccc34)C2)cc1. The first-order valence-corrected chi connectivity index (χ1v) is 11.4. The molecule has 1 aliphatic heterocycles. The molecule has 0 unspecified atom stereocenters. The summed E-state index contributed by atoms with van der Waals surface area (Å²) in [5.74, 6) is 0.00580. The van der Waals surface area contributed by atoms with Gasteiger partial charge in [-0.3, -0.25) is 14.4 Å². The molecule has 176 valence electrons. The van der Waals surface area contributed by atoms with Gasteiger partial charge in [0.05, 0.1) is 5.92 Å². The second-order valence-corrected chi connectivity index (χ2v) is 8.71. The van der Waals surface area contributed by atoms with Crippen molar-refractivity contribution in [2.24, 2.45) is 5.92 Å². The van der Waals surface area contributed by atoms with Crippen LogP contribution in [-0.4, -0.2) is 61.3 Å². The summed E-state index contributed by atoms with van der Waals surface area (Å²) in [6.07, 6.45) is 1.51. The highest BCUT2D eigenvalue weighted by Crippen LogP contribution is 2.25. The number of piperidine rings is 1. The van der Waals surface area contributed by atoms with E-state index in [2.05, 4.69) is 5.32 Å². The Balaban J connectivity index is 1.37. The van der Waals surface area contributed by atoms with Gasteiger partial charge in [0.25, 0.3) is 11.8 Å². The maximum Gasteiger partial charge on any atom is 0.259 e. The highest BCUT2D eigenvalue weighted by atomic mass is 16.5. The lowest BCUT2D eigenvalue weighted by Gasteiger charge is -2.32. The van der Waals surface area contributed by atoms with Crippen LogP contribution in [0.3, 0.4) is 0 Å². The summed E-state index contributed by atoms with van der Waals surface area (Å²) in [4.78, 5) is 41.1. The third-order valence-electron chi connectivity index (χ3n) is 6.08. The van der Waals surface area contributed by atoms with Crippen LogP contribution in [0, 0.1) is 5.92 Å². The van der Waals surface area contributed by atoms with Gasteiger partial charge in [0.2, 0.25) is 5.91 Å². The number of fused-ring (bicyclic) bond motifs is 1. The average Bonchev–Trinajstić information content (AvgIpc) is 2.87. The molecule has 4 rings (SSSR count). The van der Waals surface area contributed by atoms with Crippen molar-refractivity contribution in [2.75, 3.05) is 39.1 Å². The summed E-state index contributed by atoms with van der Waals surface area (Å²) < 4.78 is 5.47. The van der Waals surface area contributed by atoms with E-state index in [-0.39, 0.29) is 30.2 Å². The van der Waals surface area contributed by atoms with E-state index in [1.54, 1.807) is 43.3 Å². The van der Waals surface area contributed by atoms with Crippen molar-refractivity contribution in [1.82, 2.24) is 9.80 Å². The largest absolute Gasteiger partial charge is 0.484 e. The first-order chi connectivity index (χ1) is 16.4. The molecule has 0 spiro atoms. The van der Waals surface area contributed by atoms with Crippen molar-refractivity contribution >= 4 is 34.2 Å². The predicted octanol–water partition coefficient (Wildman–Crippen LogP) is 3.80. The summed E-state index contributed by atoms with van der Waals surface area (Å²) in [7, 11) is 3.35. The molecule has 1 N–H and O–H groups in total. The molecule has 1 aliphatic rings. The molecule has 1 atom stereocenters. The Hall–Kier alpha value is -3.87. The molecule has 0 aliphatic carbocycles. The number of amides is 3. The molecule has 0 radical (unpaired) electrons. The number of nitrogens with zero attached hydrogens (tertiary/aromatic N) is 2. The number of anilines is 1. The fourth-order valence-corrected chi connectivity index (χ4v) is 4.11. The summed E-state index contributed by atoms with van der Waals surface area (Å²) >= 11 is 0. The molecule has 1 heterocycles. The van der Waals surface area contributed by atoms with E-state index in [0.29, 0.717) is 30.1 Å². The zero-order chi connectivity index (χ0) is 24.1. The first-order valence-electron chi connectivity index (χ1n) is 11.4. The van der Waals surface area contributed by atoms with Crippen molar-refractivity contribution in [1.29, 1.82) is 0 Å². The molecular weight excluding hydrogens is 430 g/mol. The zero-order valence-electron chi connectivity index (χ0n) is 19.5. The molecule has 3 aromatic rings. The third-order valence-corrected chi connectivity index (χ3v) is 6.08. The normalized spacial score (nSPS) is 15.6. The molecule has 3 aromatic carbocycles. The van der Waals surface area contributed by atoms with Gasteiger partial charge in [-0.1, -0.05) is 36.4 Å². The van der Waals surface area contributed by atoms with E-state index < -0.39 is 0 Å². The second-order valence-electron chi connectivity index (χ2n) is 8.71. The number of likely N-dealkylation sites (tertiary alicyclic amines) is 1. The number of benzene rings is 3. The summed E-state index contributed by atoms with van der Waals surface area (Å²) in [5.41, 5.74) is 1.32. The molecule has 7 nitrogen and oxygen atoms in total. The van der Waals surface area contributed by atoms with Crippen LogP contribution < -0.4 is 10.1 Å². The Morgan fingerprint density at radius 2 is 1.74 bits per heavy atom. The van der Waals surface area contributed by atoms with Crippen molar-refractivity contribution in [2.45, 2.75) is 12.8 Å². The number of likely N-dealkylation sites (N-methyl/N-ethyl adjacent to an activating group) is 1. The smallest absolute Gasteiger partial charge is 0.259 e. The maximum atomic E-state index is 13.3. The minimum absolute atomic E-state index is 0.0388. The summed E-state index contributed by atoms with van der Waals surface area (Å²) in [6, 6.07) is 20.5. The molecule has 7 heteroatoms. The van der Waals surface area contributed by atoms with Crippen LogP contribution in [0.5, 0.6) is 5.75 Å². The minimum Gasteiger partial charge on any atom is -0.484 e. The zero-order valence-corrected chi connectivity index (χ0v) is 19.5. The van der Waals surface area contributed by atoms with Crippen molar-refractivity contribution in [3.8, 4) is 5.75 Å². The number of nitrogens with one attached hydrogen (secondary N) is 1. The van der Waals surface area contributed by atoms with Crippen LogP contribution in [0.2, 0.25) is 0 Å². The first kappa shape index (κ1) is 23.3. The molecule has 0 aromatic heterocycles. The minimum atomic E-state index is -0.277. The van der Waals surface area contributed by atoms with E-state index >= 15 is 0 Å². The molecule has 0 saturated carbocycles.